The largest absolute Gasteiger partial charge is 0.497 e. The van der Waals surface area contributed by atoms with Crippen molar-refractivity contribution in [2.75, 3.05) is 7.11 Å². The molecule has 1 aliphatic heterocycles. The van der Waals surface area contributed by atoms with Gasteiger partial charge in [-0.15, -0.1) is 0 Å². The third-order valence-corrected chi connectivity index (χ3v) is 5.92. The first-order chi connectivity index (χ1) is 15.4. The predicted octanol–water partition coefficient (Wildman–Crippen LogP) is 4.55. The zero-order valence-corrected chi connectivity index (χ0v) is 17.7. The Balaban J connectivity index is 1.58. The lowest BCUT2D eigenvalue weighted by molar-refractivity contribution is 0.0767. The maximum Gasteiger partial charge on any atom is 0.345 e. The first-order valence-corrected chi connectivity index (χ1v) is 10.3. The number of halogens is 2. The molecular formula is C24H17ClFN3O3. The smallest absolute Gasteiger partial charge is 0.345 e. The highest BCUT2D eigenvalue weighted by Gasteiger charge is 2.30. The molecule has 8 heteroatoms. The van der Waals surface area contributed by atoms with Crippen molar-refractivity contribution in [2.45, 2.75) is 13.1 Å². The number of methoxy groups -OCH3 is 1. The van der Waals surface area contributed by atoms with Crippen LogP contribution in [0.15, 0.2) is 59.4 Å². The highest BCUT2D eigenvalue weighted by atomic mass is 35.5. The van der Waals surface area contributed by atoms with Crippen LogP contribution in [0.5, 0.6) is 5.75 Å². The normalized spacial score (nSPS) is 13.0. The second kappa shape index (κ2) is 7.76. The lowest BCUT2D eigenvalue weighted by atomic mass is 10.0. The van der Waals surface area contributed by atoms with E-state index in [1.54, 1.807) is 24.1 Å². The zero-order chi connectivity index (χ0) is 22.4. The summed E-state index contributed by atoms with van der Waals surface area (Å²) in [6, 6.07) is 14.9. The van der Waals surface area contributed by atoms with Gasteiger partial charge < -0.3 is 14.6 Å². The monoisotopic (exact) mass is 449 g/mol. The molecule has 4 aromatic rings. The van der Waals surface area contributed by atoms with E-state index in [1.807, 2.05) is 24.3 Å². The topological polar surface area (TPSA) is 75.3 Å². The van der Waals surface area contributed by atoms with Crippen LogP contribution < -0.4 is 10.4 Å². The molecule has 0 radical (unpaired) electrons. The Morgan fingerprint density at radius 1 is 1.09 bits per heavy atom. The second-order valence-corrected chi connectivity index (χ2v) is 7.95. The molecule has 6 nitrogen and oxygen atoms in total. The molecule has 0 saturated heterocycles. The Labute approximate surface area is 187 Å². The zero-order valence-electron chi connectivity index (χ0n) is 17.0. The molecule has 32 heavy (non-hydrogen) atoms. The van der Waals surface area contributed by atoms with Gasteiger partial charge in [0, 0.05) is 35.2 Å². The first kappa shape index (κ1) is 20.2. The van der Waals surface area contributed by atoms with Crippen LogP contribution in [0.2, 0.25) is 5.02 Å². The van der Waals surface area contributed by atoms with Crippen LogP contribution in [-0.2, 0) is 13.1 Å². The molecule has 0 bridgehead atoms. The number of carbonyl (C=O) groups is 1. The van der Waals surface area contributed by atoms with Gasteiger partial charge in [-0.2, -0.15) is 4.98 Å². The number of rotatable bonds is 4. The summed E-state index contributed by atoms with van der Waals surface area (Å²) < 4.78 is 19.1. The number of carbonyl (C=O) groups excluding carboxylic acids is 1. The maximum absolute atomic E-state index is 13.9. The van der Waals surface area contributed by atoms with E-state index in [0.29, 0.717) is 51.4 Å². The number of benzene rings is 3. The van der Waals surface area contributed by atoms with Crippen LogP contribution in [0, 0.1) is 5.82 Å². The molecule has 0 atom stereocenters. The van der Waals surface area contributed by atoms with Gasteiger partial charge in [-0.3, -0.25) is 4.79 Å². The van der Waals surface area contributed by atoms with Gasteiger partial charge in [-0.25, -0.2) is 9.18 Å². The summed E-state index contributed by atoms with van der Waals surface area (Å²) in [6.45, 7) is 0.717. The van der Waals surface area contributed by atoms with E-state index in [0.717, 1.165) is 11.3 Å². The molecule has 0 fully saturated rings. The molecule has 0 spiro atoms. The van der Waals surface area contributed by atoms with Crippen LogP contribution >= 0.6 is 11.6 Å². The van der Waals surface area contributed by atoms with E-state index in [1.165, 1.54) is 18.2 Å². The van der Waals surface area contributed by atoms with Crippen molar-refractivity contribution in [3.05, 3.63) is 92.6 Å². The first-order valence-electron chi connectivity index (χ1n) is 9.88. The van der Waals surface area contributed by atoms with Gasteiger partial charge in [0.15, 0.2) is 0 Å². The molecule has 2 heterocycles. The minimum atomic E-state index is -0.595. The number of hydrogen-bond acceptors (Lipinski definition) is 4. The molecule has 1 N–H and O–H groups in total. The number of amides is 1. The third-order valence-electron chi connectivity index (χ3n) is 5.59. The summed E-state index contributed by atoms with van der Waals surface area (Å²) in [5.41, 5.74) is 2.66. The van der Waals surface area contributed by atoms with E-state index in [-0.39, 0.29) is 5.91 Å². The van der Waals surface area contributed by atoms with E-state index in [4.69, 9.17) is 16.3 Å². The molecule has 1 amide bonds. The average molecular weight is 450 g/mol. The Morgan fingerprint density at radius 2 is 1.88 bits per heavy atom. The quantitative estimate of drug-likeness (QED) is 0.496. The number of fused-ring (bicyclic) bond motifs is 3. The van der Waals surface area contributed by atoms with Gasteiger partial charge in [-0.1, -0.05) is 23.7 Å². The number of nitrogens with zero attached hydrogens (tertiary/aromatic N) is 2. The molecular weight excluding hydrogens is 433 g/mol. The van der Waals surface area contributed by atoms with Crippen molar-refractivity contribution in [3.8, 4) is 17.0 Å². The third kappa shape index (κ3) is 3.40. The lowest BCUT2D eigenvalue weighted by Gasteiger charge is -2.16. The number of aromatic nitrogens is 2. The number of nitrogens with one attached hydrogen (secondary N) is 1. The van der Waals surface area contributed by atoms with Crippen molar-refractivity contribution in [1.82, 2.24) is 14.9 Å². The SMILES string of the molecule is COc1ccc(CN2Cc3c(ccc4c(-c5cc(F)ccc5Cl)[nH]c(=O)nc34)C2=O)cc1. The van der Waals surface area contributed by atoms with Gasteiger partial charge in [0.1, 0.15) is 11.6 Å². The van der Waals surface area contributed by atoms with Crippen LogP contribution in [0.4, 0.5) is 4.39 Å². The second-order valence-electron chi connectivity index (χ2n) is 7.54. The summed E-state index contributed by atoms with van der Waals surface area (Å²) in [4.78, 5) is 33.9. The van der Waals surface area contributed by atoms with E-state index >= 15 is 0 Å². The summed E-state index contributed by atoms with van der Waals surface area (Å²) in [5, 5.41) is 0.891. The van der Waals surface area contributed by atoms with Crippen LogP contribution in [0.3, 0.4) is 0 Å². The fourth-order valence-electron chi connectivity index (χ4n) is 4.04. The maximum atomic E-state index is 13.9. The highest BCUT2D eigenvalue weighted by Crippen LogP contribution is 2.35. The lowest BCUT2D eigenvalue weighted by Crippen LogP contribution is -2.23. The molecule has 0 unspecified atom stereocenters. The van der Waals surface area contributed by atoms with Gasteiger partial charge in [0.25, 0.3) is 5.91 Å². The summed E-state index contributed by atoms with van der Waals surface area (Å²) in [5.74, 6) is 0.130. The number of hydrogen-bond donors (Lipinski definition) is 1. The molecule has 5 rings (SSSR count). The van der Waals surface area contributed by atoms with E-state index < -0.39 is 11.5 Å². The van der Waals surface area contributed by atoms with Crippen molar-refractivity contribution >= 4 is 28.4 Å². The molecule has 0 saturated carbocycles. The number of H-pyrrole nitrogens is 1. The molecule has 1 aliphatic rings. The summed E-state index contributed by atoms with van der Waals surface area (Å²) >= 11 is 6.28. The van der Waals surface area contributed by atoms with Crippen LogP contribution in [-0.4, -0.2) is 27.9 Å². The summed E-state index contributed by atoms with van der Waals surface area (Å²) in [6.07, 6.45) is 0. The van der Waals surface area contributed by atoms with Crippen LogP contribution in [0.1, 0.15) is 21.5 Å². The minimum Gasteiger partial charge on any atom is -0.497 e. The molecule has 1 aromatic heterocycles. The Hall–Kier alpha value is -3.71. The standard InChI is InChI=1S/C24H17ClFN3O3/c1-32-15-5-2-13(3-6-15)11-29-12-19-16(23(29)30)7-8-17-21(27-24(31)28-22(17)19)18-10-14(26)4-9-20(18)25/h2-10H,11-12H2,1H3,(H,27,28,31). The highest BCUT2D eigenvalue weighted by molar-refractivity contribution is 6.33. The van der Waals surface area contributed by atoms with E-state index in [2.05, 4.69) is 9.97 Å². The fraction of sp³-hybridized carbons (Fsp3) is 0.125. The number of ether oxygens (including phenoxy) is 1. The predicted molar refractivity (Wildman–Crippen MR) is 119 cm³/mol. The summed E-state index contributed by atoms with van der Waals surface area (Å²) in [7, 11) is 1.60. The van der Waals surface area contributed by atoms with Crippen molar-refractivity contribution in [2.24, 2.45) is 0 Å². The molecule has 3 aromatic carbocycles. The Kier molecular flexibility index (Phi) is 4.90. The van der Waals surface area contributed by atoms with Crippen molar-refractivity contribution in [3.63, 3.8) is 0 Å². The van der Waals surface area contributed by atoms with Gasteiger partial charge in [-0.05, 0) is 48.0 Å². The van der Waals surface area contributed by atoms with Crippen LogP contribution in [0.25, 0.3) is 22.2 Å². The Bertz CT molecular complexity index is 1430. The average Bonchev–Trinajstić information content (AvgIpc) is 3.11. The minimum absolute atomic E-state index is 0.134. The van der Waals surface area contributed by atoms with Gasteiger partial charge in [0.2, 0.25) is 0 Å². The van der Waals surface area contributed by atoms with E-state index in [9.17, 15) is 14.0 Å². The van der Waals surface area contributed by atoms with Gasteiger partial charge >= 0.3 is 5.69 Å². The molecule has 0 aliphatic carbocycles. The number of aromatic amines is 1. The fourth-order valence-corrected chi connectivity index (χ4v) is 4.26. The molecule has 160 valence electrons. The van der Waals surface area contributed by atoms with Gasteiger partial charge in [0.05, 0.1) is 23.3 Å². The van der Waals surface area contributed by atoms with Crippen molar-refractivity contribution in [1.29, 1.82) is 0 Å². The van der Waals surface area contributed by atoms with Crippen molar-refractivity contribution < 1.29 is 13.9 Å². The Morgan fingerprint density at radius 3 is 2.62 bits per heavy atom.